The first-order chi connectivity index (χ1) is 19.8. The Bertz CT molecular complexity index is 1730. The highest BCUT2D eigenvalue weighted by atomic mass is 35.5. The van der Waals surface area contributed by atoms with E-state index in [-0.39, 0.29) is 66.1 Å². The fourth-order valence-corrected chi connectivity index (χ4v) is 5.23. The second-order valence-electron chi connectivity index (χ2n) is 10.7. The van der Waals surface area contributed by atoms with Crippen LogP contribution in [0.3, 0.4) is 0 Å². The molecule has 10 heteroatoms. The second kappa shape index (κ2) is 11.0. The first-order valence-electron chi connectivity index (χ1n) is 13.9. The zero-order chi connectivity index (χ0) is 28.7. The molecule has 0 saturated heterocycles. The molecular weight excluding hydrogens is 542 g/mol. The molecule has 2 saturated carbocycles. The Morgan fingerprint density at radius 1 is 0.951 bits per heavy atom. The van der Waals surface area contributed by atoms with Gasteiger partial charge in [0.25, 0.3) is 11.5 Å². The number of nitrogens with one attached hydrogen (secondary N) is 2. The summed E-state index contributed by atoms with van der Waals surface area (Å²) in [7, 11) is 0. The third-order valence-corrected chi connectivity index (χ3v) is 7.65. The van der Waals surface area contributed by atoms with Crippen molar-refractivity contribution in [3.63, 3.8) is 0 Å². The van der Waals surface area contributed by atoms with Gasteiger partial charge in [-0.2, -0.15) is 5.10 Å². The van der Waals surface area contributed by atoms with Crippen LogP contribution in [0.5, 0.6) is 0 Å². The van der Waals surface area contributed by atoms with Crippen molar-refractivity contribution in [3.8, 4) is 11.1 Å². The highest BCUT2D eigenvalue weighted by molar-refractivity contribution is 6.31. The molecular formula is C31H30ClN5O4. The van der Waals surface area contributed by atoms with Gasteiger partial charge in [-0.3, -0.25) is 28.4 Å². The monoisotopic (exact) mass is 571 g/mol. The number of Topliss-reactive ketones (excluding diaryl/α,β-unsaturated/α-hetero) is 1. The Morgan fingerprint density at radius 2 is 1.66 bits per heavy atom. The molecule has 2 amide bonds. The minimum Gasteiger partial charge on any atom is -0.352 e. The zero-order valence-electron chi connectivity index (χ0n) is 22.7. The van der Waals surface area contributed by atoms with Crippen molar-refractivity contribution in [2.75, 3.05) is 0 Å². The molecule has 4 aromatic rings. The van der Waals surface area contributed by atoms with E-state index >= 15 is 0 Å². The first kappa shape index (κ1) is 27.0. The molecule has 41 heavy (non-hydrogen) atoms. The second-order valence-corrected chi connectivity index (χ2v) is 11.2. The molecule has 2 aromatic heterocycles. The fourth-order valence-electron chi connectivity index (χ4n) is 5.06. The summed E-state index contributed by atoms with van der Waals surface area (Å²) in [5.41, 5.74) is 1.91. The molecule has 0 unspecified atom stereocenters. The Hall–Kier alpha value is -4.24. The lowest BCUT2D eigenvalue weighted by atomic mass is 9.94. The maximum Gasteiger partial charge on any atom is 0.269 e. The summed E-state index contributed by atoms with van der Waals surface area (Å²) >= 11 is 6.36. The highest BCUT2D eigenvalue weighted by Gasteiger charge is 2.29. The van der Waals surface area contributed by atoms with E-state index in [4.69, 9.17) is 11.6 Å². The lowest BCUT2D eigenvalue weighted by Crippen LogP contribution is -2.33. The quantitative estimate of drug-likeness (QED) is 0.275. The molecule has 0 atom stereocenters. The Balaban J connectivity index is 1.49. The van der Waals surface area contributed by atoms with Crippen molar-refractivity contribution in [1.29, 1.82) is 0 Å². The van der Waals surface area contributed by atoms with Crippen LogP contribution >= 0.6 is 11.6 Å². The van der Waals surface area contributed by atoms with E-state index in [1.807, 2.05) is 30.3 Å². The number of pyridine rings is 1. The number of amides is 2. The number of ketones is 1. The molecule has 2 N–H and O–H groups in total. The molecule has 2 aromatic carbocycles. The predicted octanol–water partition coefficient (Wildman–Crippen LogP) is 4.33. The lowest BCUT2D eigenvalue weighted by Gasteiger charge is -2.19. The normalized spacial score (nSPS) is 14.7. The Labute approximate surface area is 241 Å². The maximum atomic E-state index is 13.9. The van der Waals surface area contributed by atoms with Gasteiger partial charge in [0.05, 0.1) is 17.9 Å². The minimum atomic E-state index is -0.363. The number of rotatable bonds is 10. The van der Waals surface area contributed by atoms with Gasteiger partial charge in [0.15, 0.2) is 5.78 Å². The maximum absolute atomic E-state index is 13.9. The molecule has 2 aliphatic rings. The van der Waals surface area contributed by atoms with Gasteiger partial charge in [-0.15, -0.1) is 0 Å². The van der Waals surface area contributed by atoms with Crippen LogP contribution in [0.4, 0.5) is 0 Å². The lowest BCUT2D eigenvalue weighted by molar-refractivity contribution is -0.122. The Morgan fingerprint density at radius 3 is 2.34 bits per heavy atom. The third kappa shape index (κ3) is 5.67. The number of carbonyl (C=O) groups is 3. The van der Waals surface area contributed by atoms with Crippen molar-refractivity contribution >= 4 is 40.0 Å². The summed E-state index contributed by atoms with van der Waals surface area (Å²) in [5, 5.41) is 11.9. The van der Waals surface area contributed by atoms with Crippen molar-refractivity contribution in [2.24, 2.45) is 0 Å². The average Bonchev–Trinajstić information content (AvgIpc) is 3.90. The molecule has 0 bridgehead atoms. The summed E-state index contributed by atoms with van der Waals surface area (Å²) in [6.07, 6.45) is 3.89. The molecule has 0 radical (unpaired) electrons. The summed E-state index contributed by atoms with van der Waals surface area (Å²) in [5.74, 6) is -0.755. The van der Waals surface area contributed by atoms with Crippen molar-refractivity contribution in [2.45, 2.75) is 64.2 Å². The van der Waals surface area contributed by atoms with Gasteiger partial charge >= 0.3 is 0 Å². The molecule has 6 rings (SSSR count). The molecule has 2 aliphatic carbocycles. The van der Waals surface area contributed by atoms with Crippen molar-refractivity contribution < 1.29 is 14.4 Å². The number of halogens is 1. The van der Waals surface area contributed by atoms with E-state index in [9.17, 15) is 19.2 Å². The SMILES string of the molecule is CCC(=O)c1c(-c2ccccc2)c2cc(Cl)ccc2c(=O)n1Cc1cc(C(=O)NC2CC2)n(CC(=O)NC2CC2)n1. The van der Waals surface area contributed by atoms with Gasteiger partial charge in [-0.25, -0.2) is 0 Å². The molecule has 210 valence electrons. The van der Waals surface area contributed by atoms with Gasteiger partial charge in [-0.05, 0) is 60.9 Å². The number of nitrogens with zero attached hydrogens (tertiary/aromatic N) is 3. The summed E-state index contributed by atoms with van der Waals surface area (Å²) < 4.78 is 2.82. The van der Waals surface area contributed by atoms with Crippen LogP contribution in [0.2, 0.25) is 5.02 Å². The average molecular weight is 572 g/mol. The van der Waals surface area contributed by atoms with E-state index in [0.29, 0.717) is 27.1 Å². The van der Waals surface area contributed by atoms with Crippen LogP contribution in [-0.4, -0.2) is 44.0 Å². The van der Waals surface area contributed by atoms with Gasteiger partial charge in [-0.1, -0.05) is 48.9 Å². The summed E-state index contributed by atoms with van der Waals surface area (Å²) in [6, 6.07) is 16.3. The molecule has 0 spiro atoms. The summed E-state index contributed by atoms with van der Waals surface area (Å²) in [6.45, 7) is 1.58. The highest BCUT2D eigenvalue weighted by Crippen LogP contribution is 2.33. The van der Waals surface area contributed by atoms with Gasteiger partial charge < -0.3 is 10.6 Å². The van der Waals surface area contributed by atoms with E-state index in [1.165, 1.54) is 9.25 Å². The zero-order valence-corrected chi connectivity index (χ0v) is 23.4. The molecule has 2 fully saturated rings. The first-order valence-corrected chi connectivity index (χ1v) is 14.3. The smallest absolute Gasteiger partial charge is 0.269 e. The third-order valence-electron chi connectivity index (χ3n) is 7.41. The fraction of sp³-hybridized carbons (Fsp3) is 0.323. The topological polar surface area (TPSA) is 115 Å². The number of aromatic nitrogens is 3. The standard InChI is InChI=1S/C31H30ClN5O4/c1-2-26(38)29-28(18-6-4-3-5-7-18)24-14-19(32)8-13-23(24)31(41)36(29)16-22-15-25(30(40)34-21-11-12-21)37(35-22)17-27(39)33-20-9-10-20/h3-8,13-15,20-21H,2,9-12,16-17H2,1H3,(H,33,39)(H,34,40). The van der Waals surface area contributed by atoms with E-state index < -0.39 is 0 Å². The van der Waals surface area contributed by atoms with Crippen LogP contribution < -0.4 is 16.2 Å². The number of fused-ring (bicyclic) bond motifs is 1. The van der Waals surface area contributed by atoms with Crippen molar-refractivity contribution in [1.82, 2.24) is 25.0 Å². The summed E-state index contributed by atoms with van der Waals surface area (Å²) in [4.78, 5) is 53.2. The number of benzene rings is 2. The minimum absolute atomic E-state index is 0.0563. The van der Waals surface area contributed by atoms with Gasteiger partial charge in [0, 0.05) is 34.5 Å². The van der Waals surface area contributed by atoms with Gasteiger partial charge in [0.1, 0.15) is 12.2 Å². The van der Waals surface area contributed by atoms with Crippen LogP contribution in [0.1, 0.15) is 65.7 Å². The van der Waals surface area contributed by atoms with E-state index in [1.54, 1.807) is 31.2 Å². The van der Waals surface area contributed by atoms with Crippen LogP contribution in [0, 0.1) is 0 Å². The van der Waals surface area contributed by atoms with Crippen LogP contribution in [-0.2, 0) is 17.9 Å². The predicted molar refractivity (Wildman–Crippen MR) is 156 cm³/mol. The van der Waals surface area contributed by atoms with Crippen molar-refractivity contribution in [3.05, 3.63) is 87.1 Å². The van der Waals surface area contributed by atoms with E-state index in [0.717, 1.165) is 31.2 Å². The van der Waals surface area contributed by atoms with Gasteiger partial charge in [0.2, 0.25) is 5.91 Å². The molecule has 0 aliphatic heterocycles. The number of carbonyl (C=O) groups excluding carboxylic acids is 3. The van der Waals surface area contributed by atoms with Crippen LogP contribution in [0.25, 0.3) is 21.9 Å². The number of hydrogen-bond acceptors (Lipinski definition) is 5. The Kier molecular flexibility index (Phi) is 7.21. The largest absolute Gasteiger partial charge is 0.352 e. The molecule has 9 nitrogen and oxygen atoms in total. The molecule has 2 heterocycles. The number of hydrogen-bond donors (Lipinski definition) is 2. The van der Waals surface area contributed by atoms with E-state index in [2.05, 4.69) is 15.7 Å². The van der Waals surface area contributed by atoms with Crippen LogP contribution in [0.15, 0.2) is 59.4 Å².